The predicted octanol–water partition coefficient (Wildman–Crippen LogP) is 5.81. The molecule has 0 saturated carbocycles. The summed E-state index contributed by atoms with van der Waals surface area (Å²) in [5.74, 6) is 0.705. The van der Waals surface area contributed by atoms with E-state index >= 15 is 0 Å². The molecule has 1 aromatic rings. The highest BCUT2D eigenvalue weighted by Gasteiger charge is 2.03. The maximum Gasteiger partial charge on any atom is -0.0190 e. The molecule has 1 aromatic carbocycles. The van der Waals surface area contributed by atoms with E-state index in [1.165, 1.54) is 17.5 Å². The molecule has 0 N–H and O–H groups in total. The molecule has 1 rings (SSSR count). The SMILES string of the molecule is C.C.CC.CCC(C)c1ccccc1C. The highest BCUT2D eigenvalue weighted by Crippen LogP contribution is 2.21. The number of hydrogen-bond donors (Lipinski definition) is 0. The summed E-state index contributed by atoms with van der Waals surface area (Å²) in [5.41, 5.74) is 2.91. The van der Waals surface area contributed by atoms with Crippen LogP contribution in [0.4, 0.5) is 0 Å². The first-order valence-corrected chi connectivity index (χ1v) is 5.31. The molecular formula is C15H30. The quantitative estimate of drug-likeness (QED) is 0.578. The smallest absolute Gasteiger partial charge is 0.0190 e. The summed E-state index contributed by atoms with van der Waals surface area (Å²) in [6.45, 7) is 10.7. The van der Waals surface area contributed by atoms with Crippen LogP contribution in [0, 0.1) is 6.92 Å². The van der Waals surface area contributed by atoms with Crippen LogP contribution in [0.3, 0.4) is 0 Å². The van der Waals surface area contributed by atoms with Crippen LogP contribution < -0.4 is 0 Å². The summed E-state index contributed by atoms with van der Waals surface area (Å²) in [4.78, 5) is 0. The molecule has 0 aliphatic rings. The minimum Gasteiger partial charge on any atom is -0.0776 e. The number of benzene rings is 1. The first-order valence-electron chi connectivity index (χ1n) is 5.31. The molecule has 0 aromatic heterocycles. The molecule has 0 saturated heterocycles. The Kier molecular flexibility index (Phi) is 14.9. The Labute approximate surface area is 97.7 Å². The van der Waals surface area contributed by atoms with Gasteiger partial charge in [0.15, 0.2) is 0 Å². The molecule has 90 valence electrons. The fourth-order valence-corrected chi connectivity index (χ4v) is 1.36. The van der Waals surface area contributed by atoms with Crippen molar-refractivity contribution in [1.82, 2.24) is 0 Å². The first-order chi connectivity index (χ1) is 6.25. The van der Waals surface area contributed by atoms with Gasteiger partial charge >= 0.3 is 0 Å². The lowest BCUT2D eigenvalue weighted by atomic mass is 9.95. The van der Waals surface area contributed by atoms with Crippen molar-refractivity contribution in [2.24, 2.45) is 0 Å². The van der Waals surface area contributed by atoms with Gasteiger partial charge in [-0.15, -0.1) is 0 Å². The fraction of sp³-hybridized carbons (Fsp3) is 0.600. The first kappa shape index (κ1) is 19.7. The third-order valence-corrected chi connectivity index (χ3v) is 2.33. The molecule has 0 nitrogen and oxygen atoms in total. The second-order valence-electron chi connectivity index (χ2n) is 3.17. The lowest BCUT2D eigenvalue weighted by molar-refractivity contribution is 0.728. The Bertz CT molecular complexity index is 225. The Morgan fingerprint density at radius 3 is 1.93 bits per heavy atom. The average Bonchev–Trinajstić information content (AvgIpc) is 2.20. The van der Waals surface area contributed by atoms with E-state index in [0.717, 1.165) is 0 Å². The van der Waals surface area contributed by atoms with Gasteiger partial charge in [-0.25, -0.2) is 0 Å². The van der Waals surface area contributed by atoms with Crippen molar-refractivity contribution in [2.45, 2.75) is 61.8 Å². The van der Waals surface area contributed by atoms with E-state index in [-0.39, 0.29) is 14.9 Å². The lowest BCUT2D eigenvalue weighted by Gasteiger charge is -2.11. The standard InChI is InChI=1S/C11H16.C2H6.2CH4/c1-4-9(2)11-8-6-5-7-10(11)3;1-2;;/h5-9H,4H2,1-3H3;1-2H3;2*1H4. The number of aryl methyl sites for hydroxylation is 1. The van der Waals surface area contributed by atoms with Crippen LogP contribution in [0.25, 0.3) is 0 Å². The van der Waals surface area contributed by atoms with E-state index < -0.39 is 0 Å². The summed E-state index contributed by atoms with van der Waals surface area (Å²) in [6, 6.07) is 8.63. The summed E-state index contributed by atoms with van der Waals surface area (Å²) in [6.07, 6.45) is 1.23. The Balaban J connectivity index is -0.000000339. The molecule has 0 bridgehead atoms. The zero-order valence-electron chi connectivity index (χ0n) is 9.59. The Morgan fingerprint density at radius 2 is 1.53 bits per heavy atom. The molecular weight excluding hydrogens is 180 g/mol. The van der Waals surface area contributed by atoms with E-state index in [1.807, 2.05) is 13.8 Å². The van der Waals surface area contributed by atoms with Crippen LogP contribution >= 0.6 is 0 Å². The summed E-state index contributed by atoms with van der Waals surface area (Å²) in [5, 5.41) is 0. The van der Waals surface area contributed by atoms with Crippen LogP contribution in [-0.4, -0.2) is 0 Å². The van der Waals surface area contributed by atoms with E-state index in [9.17, 15) is 0 Å². The van der Waals surface area contributed by atoms with Crippen molar-refractivity contribution in [3.05, 3.63) is 35.4 Å². The van der Waals surface area contributed by atoms with Crippen LogP contribution in [0.5, 0.6) is 0 Å². The third kappa shape index (κ3) is 6.33. The second kappa shape index (κ2) is 11.3. The maximum absolute atomic E-state index is 2.28. The van der Waals surface area contributed by atoms with Gasteiger partial charge in [0.05, 0.1) is 0 Å². The second-order valence-corrected chi connectivity index (χ2v) is 3.17. The van der Waals surface area contributed by atoms with Crippen molar-refractivity contribution in [1.29, 1.82) is 0 Å². The number of hydrogen-bond acceptors (Lipinski definition) is 0. The molecule has 15 heavy (non-hydrogen) atoms. The van der Waals surface area contributed by atoms with E-state index in [1.54, 1.807) is 0 Å². The van der Waals surface area contributed by atoms with Gasteiger partial charge in [-0.2, -0.15) is 0 Å². The van der Waals surface area contributed by atoms with Crippen LogP contribution in [0.15, 0.2) is 24.3 Å². The molecule has 0 spiro atoms. The molecule has 0 aliphatic carbocycles. The van der Waals surface area contributed by atoms with Gasteiger partial charge in [0.2, 0.25) is 0 Å². The van der Waals surface area contributed by atoms with Crippen molar-refractivity contribution in [3.8, 4) is 0 Å². The Hall–Kier alpha value is -0.780. The van der Waals surface area contributed by atoms with Crippen molar-refractivity contribution in [3.63, 3.8) is 0 Å². The zero-order valence-corrected chi connectivity index (χ0v) is 9.59. The van der Waals surface area contributed by atoms with Crippen molar-refractivity contribution >= 4 is 0 Å². The molecule has 0 heteroatoms. The van der Waals surface area contributed by atoms with Crippen molar-refractivity contribution in [2.75, 3.05) is 0 Å². The minimum absolute atomic E-state index is 0. The Morgan fingerprint density at radius 1 is 1.07 bits per heavy atom. The topological polar surface area (TPSA) is 0 Å². The summed E-state index contributed by atoms with van der Waals surface area (Å²) >= 11 is 0. The minimum atomic E-state index is 0. The molecule has 1 unspecified atom stereocenters. The predicted molar refractivity (Wildman–Crippen MR) is 74.7 cm³/mol. The van der Waals surface area contributed by atoms with Gasteiger partial charge in [-0.1, -0.05) is 66.8 Å². The lowest BCUT2D eigenvalue weighted by Crippen LogP contribution is -1.93. The van der Waals surface area contributed by atoms with Crippen molar-refractivity contribution < 1.29 is 0 Å². The van der Waals surface area contributed by atoms with Gasteiger partial charge in [-0.3, -0.25) is 0 Å². The molecule has 0 heterocycles. The van der Waals surface area contributed by atoms with E-state index in [0.29, 0.717) is 5.92 Å². The monoisotopic (exact) mass is 210 g/mol. The van der Waals surface area contributed by atoms with Crippen LogP contribution in [0.2, 0.25) is 0 Å². The molecule has 0 radical (unpaired) electrons. The largest absolute Gasteiger partial charge is 0.0776 e. The van der Waals surface area contributed by atoms with Crippen LogP contribution in [0.1, 0.15) is 66.0 Å². The third-order valence-electron chi connectivity index (χ3n) is 2.33. The average molecular weight is 210 g/mol. The molecule has 0 aliphatic heterocycles. The molecule has 1 atom stereocenters. The molecule has 0 amide bonds. The van der Waals surface area contributed by atoms with Gasteiger partial charge < -0.3 is 0 Å². The van der Waals surface area contributed by atoms with Gasteiger partial charge in [-0.05, 0) is 30.4 Å². The van der Waals surface area contributed by atoms with Crippen LogP contribution in [-0.2, 0) is 0 Å². The molecule has 0 fully saturated rings. The van der Waals surface area contributed by atoms with Gasteiger partial charge in [0.1, 0.15) is 0 Å². The highest BCUT2D eigenvalue weighted by atomic mass is 14.1. The summed E-state index contributed by atoms with van der Waals surface area (Å²) in [7, 11) is 0. The highest BCUT2D eigenvalue weighted by molar-refractivity contribution is 5.28. The summed E-state index contributed by atoms with van der Waals surface area (Å²) < 4.78 is 0. The normalized spacial score (nSPS) is 9.93. The fourth-order valence-electron chi connectivity index (χ4n) is 1.36. The van der Waals surface area contributed by atoms with Gasteiger partial charge in [0.25, 0.3) is 0 Å². The van der Waals surface area contributed by atoms with Gasteiger partial charge in [0, 0.05) is 0 Å². The van der Waals surface area contributed by atoms with E-state index in [2.05, 4.69) is 45.0 Å². The maximum atomic E-state index is 2.28. The zero-order chi connectivity index (χ0) is 10.3. The number of rotatable bonds is 2. The van der Waals surface area contributed by atoms with E-state index in [4.69, 9.17) is 0 Å².